The number of methoxy groups -OCH3 is 1. The molecule has 194 valence electrons. The molecule has 0 amide bonds. The average Bonchev–Trinajstić information content (AvgIpc) is 2.72. The molecule has 0 aliphatic rings. The third-order valence-corrected chi connectivity index (χ3v) is 12.1. The van der Waals surface area contributed by atoms with E-state index in [0.29, 0.717) is 12.0 Å². The van der Waals surface area contributed by atoms with E-state index < -0.39 is 48.5 Å². The van der Waals surface area contributed by atoms with Crippen molar-refractivity contribution in [1.82, 2.24) is 4.31 Å². The average molecular weight is 524 g/mol. The van der Waals surface area contributed by atoms with Crippen LogP contribution < -0.4 is 0 Å². The van der Waals surface area contributed by atoms with Gasteiger partial charge in [0.15, 0.2) is 8.32 Å². The number of nitrogens with zero attached hydrogens (tertiary/aromatic N) is 1. The van der Waals surface area contributed by atoms with Gasteiger partial charge in [-0.2, -0.15) is 17.5 Å². The summed E-state index contributed by atoms with van der Waals surface area (Å²) < 4.78 is 76.6. The van der Waals surface area contributed by atoms with E-state index in [1.807, 2.05) is 6.92 Å². The van der Waals surface area contributed by atoms with Gasteiger partial charge in [-0.15, -0.1) is 0 Å². The van der Waals surface area contributed by atoms with E-state index in [2.05, 4.69) is 38.6 Å². The SMILES string of the molecule is CC[C@@H](/C=C/CN([C@H](Cc1ccccc1)C(=O)OC)S(=O)(=O)C(F)(F)F)O[Si](C)(C)C(C)(C)C. The van der Waals surface area contributed by atoms with E-state index >= 15 is 0 Å². The van der Waals surface area contributed by atoms with Crippen molar-refractivity contribution < 1.29 is 35.5 Å². The Balaban J connectivity index is 3.32. The van der Waals surface area contributed by atoms with Crippen molar-refractivity contribution in [2.45, 2.75) is 76.3 Å². The maximum absolute atomic E-state index is 13.5. The number of ether oxygens (including phenoxy) is 1. The molecule has 1 rings (SSSR count). The summed E-state index contributed by atoms with van der Waals surface area (Å²) in [5, 5.41) is -0.0778. The molecule has 2 atom stereocenters. The molecule has 1 aromatic rings. The summed E-state index contributed by atoms with van der Waals surface area (Å²) >= 11 is 0. The van der Waals surface area contributed by atoms with Gasteiger partial charge in [-0.3, -0.25) is 4.79 Å². The highest BCUT2D eigenvalue weighted by molar-refractivity contribution is 7.90. The first-order valence-corrected chi connectivity index (χ1v) is 15.4. The van der Waals surface area contributed by atoms with Crippen LogP contribution in [0.15, 0.2) is 42.5 Å². The summed E-state index contributed by atoms with van der Waals surface area (Å²) in [7, 11) is -6.98. The maximum Gasteiger partial charge on any atom is 0.511 e. The van der Waals surface area contributed by atoms with E-state index in [-0.39, 0.29) is 15.8 Å². The molecule has 0 bridgehead atoms. The number of halogens is 3. The van der Waals surface area contributed by atoms with Crippen LogP contribution in [0.4, 0.5) is 13.2 Å². The molecular weight excluding hydrogens is 487 g/mol. The Morgan fingerprint density at radius 1 is 1.15 bits per heavy atom. The van der Waals surface area contributed by atoms with E-state index in [4.69, 9.17) is 4.43 Å². The highest BCUT2D eigenvalue weighted by atomic mass is 32.2. The van der Waals surface area contributed by atoms with Gasteiger partial charge in [-0.1, -0.05) is 70.2 Å². The fraction of sp³-hybridized carbons (Fsp3) is 0.609. The lowest BCUT2D eigenvalue weighted by molar-refractivity contribution is -0.145. The van der Waals surface area contributed by atoms with Crippen LogP contribution in [-0.2, 0) is 30.4 Å². The zero-order valence-corrected chi connectivity index (χ0v) is 22.7. The van der Waals surface area contributed by atoms with Crippen molar-refractivity contribution in [2.75, 3.05) is 13.7 Å². The van der Waals surface area contributed by atoms with Crippen LogP contribution in [0.1, 0.15) is 39.7 Å². The second kappa shape index (κ2) is 11.8. The van der Waals surface area contributed by atoms with Crippen molar-refractivity contribution in [2.24, 2.45) is 0 Å². The first kappa shape index (κ1) is 30.3. The Bertz CT molecular complexity index is 928. The van der Waals surface area contributed by atoms with E-state index in [9.17, 15) is 26.4 Å². The zero-order valence-electron chi connectivity index (χ0n) is 20.8. The number of sulfonamides is 1. The van der Waals surface area contributed by atoms with Gasteiger partial charge in [-0.05, 0) is 36.5 Å². The van der Waals surface area contributed by atoms with Gasteiger partial charge in [0.25, 0.3) is 0 Å². The molecule has 0 aliphatic carbocycles. The molecule has 0 saturated carbocycles. The molecule has 11 heteroatoms. The van der Waals surface area contributed by atoms with Crippen molar-refractivity contribution in [3.63, 3.8) is 0 Å². The van der Waals surface area contributed by atoms with Crippen LogP contribution in [0.2, 0.25) is 18.1 Å². The van der Waals surface area contributed by atoms with Gasteiger partial charge in [0.1, 0.15) is 6.04 Å². The van der Waals surface area contributed by atoms with Gasteiger partial charge >= 0.3 is 21.5 Å². The van der Waals surface area contributed by atoms with E-state index in [1.165, 1.54) is 6.08 Å². The molecule has 0 fully saturated rings. The number of carbonyl (C=O) groups is 1. The van der Waals surface area contributed by atoms with Gasteiger partial charge in [0, 0.05) is 6.54 Å². The van der Waals surface area contributed by atoms with E-state index in [0.717, 1.165) is 7.11 Å². The monoisotopic (exact) mass is 523 g/mol. The molecule has 0 aromatic heterocycles. The second-order valence-electron chi connectivity index (χ2n) is 9.50. The fourth-order valence-electron chi connectivity index (χ4n) is 2.93. The molecule has 34 heavy (non-hydrogen) atoms. The summed E-state index contributed by atoms with van der Waals surface area (Å²) in [4.78, 5) is 12.4. The number of hydrogen-bond donors (Lipinski definition) is 0. The van der Waals surface area contributed by atoms with Gasteiger partial charge in [0.2, 0.25) is 0 Å². The third-order valence-electron chi connectivity index (χ3n) is 5.98. The minimum absolute atomic E-state index is 0.0778. The zero-order chi connectivity index (χ0) is 26.4. The minimum atomic E-state index is -5.83. The normalized spacial score (nSPS) is 15.5. The van der Waals surface area contributed by atoms with Crippen molar-refractivity contribution in [1.29, 1.82) is 0 Å². The molecule has 6 nitrogen and oxygen atoms in total. The molecule has 0 spiro atoms. The molecule has 0 saturated heterocycles. The molecule has 1 aromatic carbocycles. The molecule has 0 radical (unpaired) electrons. The number of carbonyl (C=O) groups excluding carboxylic acids is 1. The van der Waals surface area contributed by atoms with Crippen LogP contribution in [-0.4, -0.2) is 58.3 Å². The van der Waals surface area contributed by atoms with Crippen LogP contribution >= 0.6 is 0 Å². The molecular formula is C23H36F3NO5SSi. The number of esters is 1. The Morgan fingerprint density at radius 2 is 1.71 bits per heavy atom. The number of hydrogen-bond acceptors (Lipinski definition) is 5. The Morgan fingerprint density at radius 3 is 2.15 bits per heavy atom. The Hall–Kier alpha value is -1.69. The smallest absolute Gasteiger partial charge is 0.468 e. The number of rotatable bonds is 11. The first-order valence-electron chi connectivity index (χ1n) is 11.0. The topological polar surface area (TPSA) is 72.9 Å². The first-order chi connectivity index (χ1) is 15.5. The predicted molar refractivity (Wildman–Crippen MR) is 129 cm³/mol. The summed E-state index contributed by atoms with van der Waals surface area (Å²) in [6.45, 7) is 11.5. The molecule has 0 heterocycles. The fourth-order valence-corrected chi connectivity index (χ4v) is 5.33. The number of alkyl halides is 3. The minimum Gasteiger partial charge on any atom is -0.468 e. The highest BCUT2D eigenvalue weighted by Crippen LogP contribution is 2.37. The van der Waals surface area contributed by atoms with E-state index in [1.54, 1.807) is 36.4 Å². The largest absolute Gasteiger partial charge is 0.511 e. The number of benzene rings is 1. The highest BCUT2D eigenvalue weighted by Gasteiger charge is 2.53. The Labute approximate surface area is 202 Å². The van der Waals surface area contributed by atoms with Crippen molar-refractivity contribution >= 4 is 24.3 Å². The van der Waals surface area contributed by atoms with Gasteiger partial charge in [-0.25, -0.2) is 8.42 Å². The van der Waals surface area contributed by atoms with Gasteiger partial charge < -0.3 is 9.16 Å². The predicted octanol–water partition coefficient (Wildman–Crippen LogP) is 5.28. The van der Waals surface area contributed by atoms with Crippen LogP contribution in [0.3, 0.4) is 0 Å². The molecule has 0 unspecified atom stereocenters. The van der Waals surface area contributed by atoms with Crippen molar-refractivity contribution in [3.8, 4) is 0 Å². The standard InChI is InChI=1S/C23H36F3NO5SSi/c1-8-19(32-34(6,7)22(2,3)4)15-12-16-27(33(29,30)23(24,25)26)20(21(28)31-5)17-18-13-10-9-11-14-18/h9-15,19-20H,8,16-17H2,1-7H3/b15-12+/t19-,20+/m0/s1. The third kappa shape index (κ3) is 7.93. The molecule has 0 N–H and O–H groups in total. The quantitative estimate of drug-likeness (QED) is 0.224. The lowest BCUT2D eigenvalue weighted by atomic mass is 10.1. The lowest BCUT2D eigenvalue weighted by Gasteiger charge is -2.38. The molecule has 0 aliphatic heterocycles. The summed E-state index contributed by atoms with van der Waals surface area (Å²) in [5.74, 6) is -1.07. The second-order valence-corrected chi connectivity index (χ2v) is 16.1. The van der Waals surface area contributed by atoms with Crippen molar-refractivity contribution in [3.05, 3.63) is 48.0 Å². The van der Waals surface area contributed by atoms with Crippen LogP contribution in [0.5, 0.6) is 0 Å². The van der Waals surface area contributed by atoms with Gasteiger partial charge in [0.05, 0.1) is 13.2 Å². The lowest BCUT2D eigenvalue weighted by Crippen LogP contribution is -2.51. The Kier molecular flexibility index (Phi) is 10.6. The maximum atomic E-state index is 13.5. The summed E-state index contributed by atoms with van der Waals surface area (Å²) in [5.41, 5.74) is -5.08. The van der Waals surface area contributed by atoms with Crippen LogP contribution in [0.25, 0.3) is 0 Å². The summed E-state index contributed by atoms with van der Waals surface area (Å²) in [6.07, 6.45) is 2.76. The van der Waals surface area contributed by atoms with Crippen LogP contribution in [0, 0.1) is 0 Å². The summed E-state index contributed by atoms with van der Waals surface area (Å²) in [6, 6.07) is 6.52.